The summed E-state index contributed by atoms with van der Waals surface area (Å²) in [7, 11) is 2.96. The van der Waals surface area contributed by atoms with Crippen LogP contribution >= 0.6 is 11.6 Å². The largest absolute Gasteiger partial charge is 0.481 e. The Hall–Kier alpha value is -1.49. The Labute approximate surface area is 92.4 Å². The molecule has 0 spiro atoms. The van der Waals surface area contributed by atoms with Crippen LogP contribution in [0.25, 0.3) is 0 Å². The second-order valence-corrected chi connectivity index (χ2v) is 2.86. The van der Waals surface area contributed by atoms with Gasteiger partial charge in [-0.2, -0.15) is 4.98 Å². The smallest absolute Gasteiger partial charge is 0.240 e. The van der Waals surface area contributed by atoms with Crippen molar-refractivity contribution < 1.29 is 14.3 Å². The van der Waals surface area contributed by atoms with E-state index >= 15 is 0 Å². The van der Waals surface area contributed by atoms with E-state index in [9.17, 15) is 4.79 Å². The van der Waals surface area contributed by atoms with E-state index < -0.39 is 0 Å². The molecule has 6 heteroatoms. The van der Waals surface area contributed by atoms with Crippen LogP contribution in [-0.4, -0.2) is 31.0 Å². The molecule has 0 aliphatic rings. The quantitative estimate of drug-likeness (QED) is 0.792. The van der Waals surface area contributed by atoms with Crippen molar-refractivity contribution in [1.29, 1.82) is 0 Å². The first-order valence-electron chi connectivity index (χ1n) is 4.16. The lowest BCUT2D eigenvalue weighted by Gasteiger charge is -2.09. The molecular weight excluding hydrogens is 220 g/mol. The van der Waals surface area contributed by atoms with Crippen molar-refractivity contribution in [2.24, 2.45) is 0 Å². The summed E-state index contributed by atoms with van der Waals surface area (Å²) in [6.45, 7) is 0. The third-order valence-corrected chi connectivity index (χ3v) is 1.88. The number of alkyl halides is 1. The zero-order valence-corrected chi connectivity index (χ0v) is 9.17. The number of nitrogens with one attached hydrogen (secondary N) is 1. The Balaban J connectivity index is 2.92. The summed E-state index contributed by atoms with van der Waals surface area (Å²) < 4.78 is 9.90. The Bertz CT molecular complexity index is 357. The zero-order valence-electron chi connectivity index (χ0n) is 8.41. The third-order valence-electron chi connectivity index (χ3n) is 1.63. The minimum atomic E-state index is -0.318. The average molecular weight is 231 g/mol. The minimum Gasteiger partial charge on any atom is -0.481 e. The van der Waals surface area contributed by atoms with Crippen molar-refractivity contribution in [1.82, 2.24) is 4.98 Å². The molecule has 0 aliphatic heterocycles. The van der Waals surface area contributed by atoms with E-state index in [4.69, 9.17) is 21.1 Å². The van der Waals surface area contributed by atoms with Gasteiger partial charge in [0.2, 0.25) is 17.7 Å². The maximum atomic E-state index is 11.0. The number of rotatable bonds is 4. The van der Waals surface area contributed by atoms with Crippen molar-refractivity contribution in [2.75, 3.05) is 25.4 Å². The van der Waals surface area contributed by atoms with Gasteiger partial charge in [-0.05, 0) is 6.07 Å². The molecule has 0 aromatic carbocycles. The van der Waals surface area contributed by atoms with Gasteiger partial charge in [0.1, 0.15) is 11.6 Å². The van der Waals surface area contributed by atoms with E-state index in [1.54, 1.807) is 12.1 Å². The highest BCUT2D eigenvalue weighted by Gasteiger charge is 2.09. The minimum absolute atomic E-state index is 0.116. The van der Waals surface area contributed by atoms with Gasteiger partial charge in [-0.3, -0.25) is 4.79 Å². The molecule has 1 rings (SSSR count). The average Bonchev–Trinajstić information content (AvgIpc) is 2.29. The van der Waals surface area contributed by atoms with Crippen LogP contribution < -0.4 is 14.8 Å². The van der Waals surface area contributed by atoms with Gasteiger partial charge in [0.15, 0.2) is 0 Å². The number of methoxy groups -OCH3 is 2. The van der Waals surface area contributed by atoms with Gasteiger partial charge in [0.25, 0.3) is 0 Å². The highest BCUT2D eigenvalue weighted by Crippen LogP contribution is 2.24. The first kappa shape index (κ1) is 11.6. The molecule has 0 radical (unpaired) electrons. The molecule has 1 aromatic heterocycles. The standard InChI is InChI=1S/C9H11ClN2O3/c1-14-8-4-3-6(9(12-8)15-2)11-7(13)5-10/h3-4H,5H2,1-2H3,(H,11,13). The van der Waals surface area contributed by atoms with Crippen molar-refractivity contribution >= 4 is 23.2 Å². The van der Waals surface area contributed by atoms with Crippen molar-refractivity contribution in [3.8, 4) is 11.8 Å². The molecule has 0 bridgehead atoms. The SMILES string of the molecule is COc1ccc(NC(=O)CCl)c(OC)n1. The maximum Gasteiger partial charge on any atom is 0.240 e. The Morgan fingerprint density at radius 1 is 1.47 bits per heavy atom. The van der Waals surface area contributed by atoms with E-state index in [1.165, 1.54) is 14.2 Å². The summed E-state index contributed by atoms with van der Waals surface area (Å²) in [4.78, 5) is 15.0. The molecule has 0 saturated heterocycles. The van der Waals surface area contributed by atoms with Crippen molar-refractivity contribution in [3.05, 3.63) is 12.1 Å². The summed E-state index contributed by atoms with van der Waals surface area (Å²) >= 11 is 5.36. The summed E-state index contributed by atoms with van der Waals surface area (Å²) in [5.74, 6) is 0.264. The van der Waals surface area contributed by atoms with E-state index in [0.717, 1.165) is 0 Å². The zero-order chi connectivity index (χ0) is 11.3. The van der Waals surface area contributed by atoms with Crippen LogP contribution in [0.4, 0.5) is 5.69 Å². The van der Waals surface area contributed by atoms with Gasteiger partial charge >= 0.3 is 0 Å². The monoisotopic (exact) mass is 230 g/mol. The Morgan fingerprint density at radius 3 is 2.73 bits per heavy atom. The summed E-state index contributed by atoms with van der Waals surface area (Å²) in [5.41, 5.74) is 0.462. The molecule has 1 amide bonds. The van der Waals surface area contributed by atoms with Crippen molar-refractivity contribution in [3.63, 3.8) is 0 Å². The number of carbonyl (C=O) groups excluding carboxylic acids is 1. The van der Waals surface area contributed by atoms with Crippen LogP contribution in [0.15, 0.2) is 12.1 Å². The predicted molar refractivity (Wildman–Crippen MR) is 56.7 cm³/mol. The number of halogens is 1. The number of hydrogen-bond acceptors (Lipinski definition) is 4. The van der Waals surface area contributed by atoms with Crippen LogP contribution in [0, 0.1) is 0 Å². The van der Waals surface area contributed by atoms with Crippen LogP contribution in [0.2, 0.25) is 0 Å². The fraction of sp³-hybridized carbons (Fsp3) is 0.333. The lowest BCUT2D eigenvalue weighted by Crippen LogP contribution is -2.13. The Morgan fingerprint density at radius 2 is 2.20 bits per heavy atom. The number of carbonyl (C=O) groups is 1. The van der Waals surface area contributed by atoms with Gasteiger partial charge < -0.3 is 14.8 Å². The van der Waals surface area contributed by atoms with E-state index in [1.807, 2.05) is 0 Å². The summed E-state index contributed by atoms with van der Waals surface area (Å²) in [5, 5.41) is 2.55. The fourth-order valence-electron chi connectivity index (χ4n) is 0.972. The Kier molecular flexibility index (Phi) is 4.17. The van der Waals surface area contributed by atoms with Gasteiger partial charge in [-0.1, -0.05) is 0 Å². The van der Waals surface area contributed by atoms with Crippen LogP contribution in [0.5, 0.6) is 11.8 Å². The first-order valence-corrected chi connectivity index (χ1v) is 4.69. The number of ether oxygens (including phenoxy) is 2. The lowest BCUT2D eigenvalue weighted by atomic mass is 10.4. The van der Waals surface area contributed by atoms with Crippen molar-refractivity contribution in [2.45, 2.75) is 0 Å². The second kappa shape index (κ2) is 5.41. The van der Waals surface area contributed by atoms with Gasteiger partial charge in [0, 0.05) is 6.07 Å². The molecule has 1 aromatic rings. The molecule has 0 saturated carbocycles. The number of anilines is 1. The predicted octanol–water partition coefficient (Wildman–Crippen LogP) is 1.28. The molecular formula is C9H11ClN2O3. The lowest BCUT2D eigenvalue weighted by molar-refractivity contribution is -0.113. The number of amides is 1. The normalized spacial score (nSPS) is 9.53. The molecule has 15 heavy (non-hydrogen) atoms. The molecule has 1 N–H and O–H groups in total. The highest BCUT2D eigenvalue weighted by atomic mass is 35.5. The fourth-order valence-corrected chi connectivity index (χ4v) is 1.04. The molecule has 0 atom stereocenters. The molecule has 82 valence electrons. The van der Waals surface area contributed by atoms with Crippen LogP contribution in [0.1, 0.15) is 0 Å². The number of aromatic nitrogens is 1. The topological polar surface area (TPSA) is 60.5 Å². The van der Waals surface area contributed by atoms with E-state index in [0.29, 0.717) is 11.6 Å². The van der Waals surface area contributed by atoms with Gasteiger partial charge in [-0.15, -0.1) is 11.6 Å². The van der Waals surface area contributed by atoms with E-state index in [-0.39, 0.29) is 17.7 Å². The van der Waals surface area contributed by atoms with Gasteiger partial charge in [-0.25, -0.2) is 0 Å². The molecule has 0 unspecified atom stereocenters. The molecule has 1 heterocycles. The first-order chi connectivity index (χ1) is 7.21. The highest BCUT2D eigenvalue weighted by molar-refractivity contribution is 6.29. The molecule has 0 fully saturated rings. The van der Waals surface area contributed by atoms with E-state index in [2.05, 4.69) is 10.3 Å². The number of hydrogen-bond donors (Lipinski definition) is 1. The third kappa shape index (κ3) is 2.99. The molecule has 5 nitrogen and oxygen atoms in total. The van der Waals surface area contributed by atoms with Gasteiger partial charge in [0.05, 0.1) is 14.2 Å². The van der Waals surface area contributed by atoms with Crippen LogP contribution in [-0.2, 0) is 4.79 Å². The molecule has 0 aliphatic carbocycles. The second-order valence-electron chi connectivity index (χ2n) is 2.59. The maximum absolute atomic E-state index is 11.0. The summed E-state index contributed by atoms with van der Waals surface area (Å²) in [6.07, 6.45) is 0. The van der Waals surface area contributed by atoms with Crippen LogP contribution in [0.3, 0.4) is 0 Å². The summed E-state index contributed by atoms with van der Waals surface area (Å²) in [6, 6.07) is 3.25. The number of nitrogens with zero attached hydrogens (tertiary/aromatic N) is 1. The number of pyridine rings is 1.